The molecule has 0 fully saturated rings. The van der Waals surface area contributed by atoms with Crippen molar-refractivity contribution in [2.24, 2.45) is 0 Å². The minimum Gasteiger partial charge on any atom is -0.394 e. The standard InChI is InChI=1S/C28H52FN5O9P2/c29-16-13-11-9-7-5-3-1-2-4-6-8-10-12-14-17-40-18-15-19-42-45(38,39)43-44(36,37)24-41-25(21-35)20-34-23-33-26-27(30)31-22-32-28(26)34/h22-23,25,35H,1-21,24H2,(H,36,37)(H,38,39)(H2,30,31,32)/t25-/m0/s1. The maximum absolute atomic E-state index is 12.3. The van der Waals surface area contributed by atoms with Gasteiger partial charge in [-0.25, -0.2) is 23.8 Å². The van der Waals surface area contributed by atoms with Crippen molar-refractivity contribution in [3.63, 3.8) is 0 Å². The normalized spacial score (nSPS) is 15.3. The lowest BCUT2D eigenvalue weighted by Crippen LogP contribution is -2.24. The third-order valence-electron chi connectivity index (χ3n) is 7.10. The molecule has 0 aromatic carbocycles. The van der Waals surface area contributed by atoms with E-state index >= 15 is 0 Å². The maximum Gasteiger partial charge on any atom is 0.479 e. The molecule has 260 valence electrons. The fourth-order valence-corrected chi connectivity index (χ4v) is 7.11. The van der Waals surface area contributed by atoms with Gasteiger partial charge < -0.3 is 34.7 Å². The van der Waals surface area contributed by atoms with Gasteiger partial charge in [-0.05, 0) is 19.3 Å². The molecule has 0 saturated carbocycles. The third kappa shape index (κ3) is 17.8. The van der Waals surface area contributed by atoms with Crippen molar-refractivity contribution in [1.82, 2.24) is 19.5 Å². The van der Waals surface area contributed by atoms with Crippen LogP contribution in [0.3, 0.4) is 0 Å². The number of nitrogens with zero attached hydrogens (tertiary/aromatic N) is 4. The van der Waals surface area contributed by atoms with E-state index in [4.69, 9.17) is 19.7 Å². The molecule has 2 heterocycles. The van der Waals surface area contributed by atoms with Crippen molar-refractivity contribution in [2.75, 3.05) is 45.2 Å². The lowest BCUT2D eigenvalue weighted by Gasteiger charge is -2.20. The number of hydrogen-bond acceptors (Lipinski definition) is 11. The van der Waals surface area contributed by atoms with Crippen LogP contribution < -0.4 is 5.73 Å². The van der Waals surface area contributed by atoms with Crippen LogP contribution >= 0.6 is 15.4 Å². The largest absolute Gasteiger partial charge is 0.479 e. The molecule has 5 N–H and O–H groups in total. The van der Waals surface area contributed by atoms with Crippen LogP contribution in [-0.2, 0) is 34.0 Å². The molecule has 0 aliphatic rings. The molecule has 0 aliphatic heterocycles. The van der Waals surface area contributed by atoms with E-state index in [1.165, 1.54) is 75.0 Å². The molecule has 0 saturated heterocycles. The Labute approximate surface area is 265 Å². The summed E-state index contributed by atoms with van der Waals surface area (Å²) in [5.74, 6) is 0.174. The van der Waals surface area contributed by atoms with Gasteiger partial charge in [-0.15, -0.1) is 0 Å². The summed E-state index contributed by atoms with van der Waals surface area (Å²) in [6, 6.07) is 0. The molecule has 2 unspecified atom stereocenters. The van der Waals surface area contributed by atoms with Gasteiger partial charge in [0.25, 0.3) is 0 Å². The van der Waals surface area contributed by atoms with E-state index in [2.05, 4.69) is 19.3 Å². The van der Waals surface area contributed by atoms with Crippen molar-refractivity contribution in [2.45, 2.75) is 109 Å². The van der Waals surface area contributed by atoms with E-state index in [-0.39, 0.29) is 25.6 Å². The van der Waals surface area contributed by atoms with Gasteiger partial charge in [-0.3, -0.25) is 13.5 Å². The van der Waals surface area contributed by atoms with Gasteiger partial charge in [0.15, 0.2) is 11.5 Å². The molecule has 0 bridgehead atoms. The minimum atomic E-state index is -4.84. The van der Waals surface area contributed by atoms with Crippen LogP contribution in [-0.4, -0.2) is 80.0 Å². The quantitative estimate of drug-likeness (QED) is 0.0584. The fraction of sp³-hybridized carbons (Fsp3) is 0.821. The van der Waals surface area contributed by atoms with E-state index in [1.807, 2.05) is 0 Å². The number of aliphatic hydroxyl groups excluding tert-OH is 1. The van der Waals surface area contributed by atoms with Crippen LogP contribution in [0.25, 0.3) is 11.2 Å². The van der Waals surface area contributed by atoms with Crippen molar-refractivity contribution >= 4 is 32.4 Å². The number of nitrogen functional groups attached to an aromatic ring is 1. The van der Waals surface area contributed by atoms with E-state index in [0.29, 0.717) is 37.2 Å². The van der Waals surface area contributed by atoms with Gasteiger partial charge in [-0.1, -0.05) is 77.0 Å². The Kier molecular flexibility index (Phi) is 20.2. The summed E-state index contributed by atoms with van der Waals surface area (Å²) in [5, 5.41) is 9.64. The summed E-state index contributed by atoms with van der Waals surface area (Å²) in [7, 11) is -9.55. The number of anilines is 1. The number of rotatable bonds is 29. The Morgan fingerprint density at radius 1 is 0.822 bits per heavy atom. The highest BCUT2D eigenvalue weighted by molar-refractivity contribution is 7.63. The average Bonchev–Trinajstić information content (AvgIpc) is 3.41. The van der Waals surface area contributed by atoms with Gasteiger partial charge in [0.1, 0.15) is 18.2 Å². The molecular formula is C28H52FN5O9P2. The number of phosphoric acid groups is 1. The van der Waals surface area contributed by atoms with Crippen LogP contribution in [0.15, 0.2) is 12.7 Å². The molecule has 3 atom stereocenters. The fourth-order valence-electron chi connectivity index (χ4n) is 4.69. The molecule has 0 spiro atoms. The van der Waals surface area contributed by atoms with E-state index < -0.39 is 34.5 Å². The number of imidazole rings is 1. The first kappa shape index (κ1) is 39.6. The number of fused-ring (bicyclic) bond motifs is 1. The molecule has 0 amide bonds. The van der Waals surface area contributed by atoms with Crippen LogP contribution in [0, 0.1) is 0 Å². The number of alkyl halides is 1. The SMILES string of the molecule is Nc1ncnc2c1ncn2C[C@@H](CO)OCP(=O)(O)OP(=O)(O)OCCCOCCCCCCCCCCCCCCCCF. The third-order valence-corrected chi connectivity index (χ3v) is 9.93. The van der Waals surface area contributed by atoms with Crippen LogP contribution in [0.5, 0.6) is 0 Å². The maximum atomic E-state index is 12.3. The minimum absolute atomic E-state index is 0.00292. The molecule has 45 heavy (non-hydrogen) atoms. The summed E-state index contributed by atoms with van der Waals surface area (Å²) < 4.78 is 58.1. The second kappa shape index (κ2) is 22.9. The first-order chi connectivity index (χ1) is 21.7. The number of hydrogen-bond donors (Lipinski definition) is 4. The molecule has 2 aromatic heterocycles. The van der Waals surface area contributed by atoms with Crippen molar-refractivity contribution in [3.8, 4) is 0 Å². The molecule has 2 aromatic rings. The zero-order valence-electron chi connectivity index (χ0n) is 26.2. The van der Waals surface area contributed by atoms with Crippen molar-refractivity contribution in [1.29, 1.82) is 0 Å². The van der Waals surface area contributed by atoms with Crippen LogP contribution in [0.4, 0.5) is 10.2 Å². The summed E-state index contributed by atoms with van der Waals surface area (Å²) in [5.41, 5.74) is 6.49. The lowest BCUT2D eigenvalue weighted by atomic mass is 10.0. The predicted molar refractivity (Wildman–Crippen MR) is 169 cm³/mol. The second-order valence-corrected chi connectivity index (χ2v) is 14.4. The molecule has 14 nitrogen and oxygen atoms in total. The Morgan fingerprint density at radius 2 is 1.40 bits per heavy atom. The molecule has 0 radical (unpaired) electrons. The summed E-state index contributed by atoms with van der Waals surface area (Å²) in [6.45, 7) is -0.0180. The van der Waals surface area contributed by atoms with Gasteiger partial charge >= 0.3 is 15.4 Å². The Balaban J connectivity index is 1.46. The number of aromatic nitrogens is 4. The van der Waals surface area contributed by atoms with Crippen molar-refractivity contribution < 1.29 is 46.7 Å². The summed E-state index contributed by atoms with van der Waals surface area (Å²) in [4.78, 5) is 31.9. The molecule has 2 rings (SSSR count). The lowest BCUT2D eigenvalue weighted by molar-refractivity contribution is 0.0198. The number of nitrogens with two attached hydrogens (primary N) is 1. The number of unbranched alkanes of at least 4 members (excludes halogenated alkanes) is 13. The summed E-state index contributed by atoms with van der Waals surface area (Å²) >= 11 is 0. The number of phosphoric ester groups is 1. The van der Waals surface area contributed by atoms with Crippen LogP contribution in [0.2, 0.25) is 0 Å². The van der Waals surface area contributed by atoms with Gasteiger partial charge in [0.05, 0.1) is 38.9 Å². The second-order valence-electron chi connectivity index (χ2n) is 11.1. The highest BCUT2D eigenvalue weighted by Crippen LogP contribution is 2.59. The Morgan fingerprint density at radius 3 is 2.00 bits per heavy atom. The van der Waals surface area contributed by atoms with E-state index in [9.17, 15) is 28.4 Å². The number of aliphatic hydroxyl groups is 1. The zero-order valence-corrected chi connectivity index (χ0v) is 28.0. The van der Waals surface area contributed by atoms with Crippen LogP contribution in [0.1, 0.15) is 96.3 Å². The van der Waals surface area contributed by atoms with E-state index in [0.717, 1.165) is 25.7 Å². The Bertz CT molecular complexity index is 1160. The Hall–Kier alpha value is -1.54. The zero-order chi connectivity index (χ0) is 32.8. The van der Waals surface area contributed by atoms with E-state index in [1.54, 1.807) is 0 Å². The smallest absolute Gasteiger partial charge is 0.394 e. The topological polar surface area (TPSA) is 201 Å². The highest BCUT2D eigenvalue weighted by Gasteiger charge is 2.34. The predicted octanol–water partition coefficient (Wildman–Crippen LogP) is 5.90. The molecular weight excluding hydrogens is 631 g/mol. The molecule has 0 aliphatic carbocycles. The number of ether oxygens (including phenoxy) is 2. The first-order valence-corrected chi connectivity index (χ1v) is 19.2. The van der Waals surface area contributed by atoms with Gasteiger partial charge in [0.2, 0.25) is 0 Å². The first-order valence-electron chi connectivity index (χ1n) is 16.0. The van der Waals surface area contributed by atoms with Gasteiger partial charge in [0, 0.05) is 13.2 Å². The van der Waals surface area contributed by atoms with Crippen molar-refractivity contribution in [3.05, 3.63) is 12.7 Å². The highest BCUT2D eigenvalue weighted by atomic mass is 31.3. The monoisotopic (exact) mass is 683 g/mol. The van der Waals surface area contributed by atoms with Gasteiger partial charge in [-0.2, -0.15) is 0 Å². The average molecular weight is 684 g/mol. The summed E-state index contributed by atoms with van der Waals surface area (Å²) in [6.07, 6.45) is 17.2. The molecule has 17 heteroatoms. The number of halogens is 1.